The van der Waals surface area contributed by atoms with Gasteiger partial charge >= 0.3 is 6.18 Å². The van der Waals surface area contributed by atoms with Gasteiger partial charge in [0.15, 0.2) is 5.82 Å². The molecule has 1 fully saturated rings. The van der Waals surface area contributed by atoms with Gasteiger partial charge in [-0.05, 0) is 19.4 Å². The van der Waals surface area contributed by atoms with E-state index in [1.807, 2.05) is 17.9 Å². The van der Waals surface area contributed by atoms with Crippen LogP contribution in [0.5, 0.6) is 0 Å². The summed E-state index contributed by atoms with van der Waals surface area (Å²) in [6, 6.07) is 2.28. The van der Waals surface area contributed by atoms with Crippen molar-refractivity contribution in [3.8, 4) is 0 Å². The molecule has 0 spiro atoms. The van der Waals surface area contributed by atoms with Gasteiger partial charge in [-0.2, -0.15) is 18.2 Å². The summed E-state index contributed by atoms with van der Waals surface area (Å²) in [6.07, 6.45) is -3.60. The van der Waals surface area contributed by atoms with E-state index < -0.39 is 12.0 Å². The number of hydrogen-bond donors (Lipinski definition) is 2. The van der Waals surface area contributed by atoms with Crippen LogP contribution in [0.1, 0.15) is 22.9 Å². The number of halogens is 3. The van der Waals surface area contributed by atoms with Crippen molar-refractivity contribution in [3.63, 3.8) is 0 Å². The third kappa shape index (κ3) is 3.88. The minimum absolute atomic E-state index is 0.0905. The second-order valence-electron chi connectivity index (χ2n) is 8.04. The van der Waals surface area contributed by atoms with Gasteiger partial charge in [0.1, 0.15) is 10.6 Å². The second kappa shape index (κ2) is 8.12. The van der Waals surface area contributed by atoms with Crippen LogP contribution in [0.3, 0.4) is 0 Å². The number of rotatable bonds is 5. The zero-order chi connectivity index (χ0) is 22.5. The predicted molar refractivity (Wildman–Crippen MR) is 114 cm³/mol. The van der Waals surface area contributed by atoms with E-state index in [0.29, 0.717) is 24.9 Å². The van der Waals surface area contributed by atoms with E-state index in [2.05, 4.69) is 20.4 Å². The van der Waals surface area contributed by atoms with Crippen molar-refractivity contribution in [3.05, 3.63) is 22.6 Å². The number of aliphatic hydroxyl groups is 1. The number of alkyl halides is 3. The Morgan fingerprint density at radius 1 is 1.19 bits per heavy atom. The van der Waals surface area contributed by atoms with Gasteiger partial charge in [0.2, 0.25) is 11.8 Å². The van der Waals surface area contributed by atoms with Crippen LogP contribution in [0.15, 0.2) is 6.07 Å². The van der Waals surface area contributed by atoms with E-state index in [9.17, 15) is 13.2 Å². The fraction of sp³-hybridized carbons (Fsp3) is 0.579. The Morgan fingerprint density at radius 2 is 2.03 bits per heavy atom. The number of nitrogens with one attached hydrogen (secondary N) is 1. The summed E-state index contributed by atoms with van der Waals surface area (Å²) in [5.74, 6) is 0.651. The van der Waals surface area contributed by atoms with Crippen molar-refractivity contribution in [1.82, 2.24) is 30.0 Å². The van der Waals surface area contributed by atoms with Crippen molar-refractivity contribution in [2.75, 3.05) is 42.6 Å². The smallest absolute Gasteiger partial charge is 0.395 e. The first-order valence-electron chi connectivity index (χ1n) is 10.4. The molecule has 0 amide bonds. The monoisotopic (exact) mass is 468 g/mol. The average molecular weight is 469 g/mol. The molecule has 0 saturated carbocycles. The van der Waals surface area contributed by atoms with Crippen LogP contribution in [0, 0.1) is 6.92 Å². The van der Waals surface area contributed by atoms with E-state index in [-0.39, 0.29) is 31.6 Å². The molecule has 1 unspecified atom stereocenters. The lowest BCUT2D eigenvalue weighted by atomic mass is 10.2. The molecule has 1 atom stereocenters. The summed E-state index contributed by atoms with van der Waals surface area (Å²) in [6.45, 7) is 4.87. The molecule has 3 aromatic rings. The molecule has 1 saturated heterocycles. The predicted octanol–water partition coefficient (Wildman–Crippen LogP) is 1.79. The summed E-state index contributed by atoms with van der Waals surface area (Å²) >= 11 is 1.58. The molecule has 2 aliphatic rings. The summed E-state index contributed by atoms with van der Waals surface area (Å²) < 4.78 is 40.7. The first-order chi connectivity index (χ1) is 15.3. The van der Waals surface area contributed by atoms with Crippen molar-refractivity contribution < 1.29 is 18.3 Å². The molecule has 9 nitrogen and oxygen atoms in total. The van der Waals surface area contributed by atoms with Crippen molar-refractivity contribution in [2.24, 2.45) is 0 Å². The Kier molecular flexibility index (Phi) is 5.42. The zero-order valence-corrected chi connectivity index (χ0v) is 18.2. The molecule has 2 aliphatic heterocycles. The highest BCUT2D eigenvalue weighted by molar-refractivity contribution is 7.18. The second-order valence-corrected chi connectivity index (χ2v) is 9.28. The maximum Gasteiger partial charge on any atom is 0.451 e. The van der Waals surface area contributed by atoms with Crippen LogP contribution in [0.2, 0.25) is 0 Å². The quantitative estimate of drug-likeness (QED) is 0.585. The number of anilines is 2. The van der Waals surface area contributed by atoms with E-state index in [0.717, 1.165) is 39.2 Å². The number of thiophene rings is 1. The first kappa shape index (κ1) is 21.3. The lowest BCUT2D eigenvalue weighted by Gasteiger charge is -2.30. The van der Waals surface area contributed by atoms with Crippen LogP contribution < -0.4 is 15.1 Å². The molecule has 3 aromatic heterocycles. The van der Waals surface area contributed by atoms with Gasteiger partial charge < -0.3 is 24.8 Å². The Morgan fingerprint density at radius 3 is 2.81 bits per heavy atom. The van der Waals surface area contributed by atoms with Gasteiger partial charge in [-0.15, -0.1) is 21.5 Å². The van der Waals surface area contributed by atoms with E-state index >= 15 is 0 Å². The molecule has 13 heteroatoms. The van der Waals surface area contributed by atoms with Gasteiger partial charge in [0.25, 0.3) is 0 Å². The van der Waals surface area contributed by atoms with E-state index in [1.165, 1.54) is 0 Å². The van der Waals surface area contributed by atoms with Gasteiger partial charge in [-0.25, -0.2) is 4.98 Å². The molecule has 2 N–H and O–H groups in total. The Hall–Kier alpha value is -2.51. The largest absolute Gasteiger partial charge is 0.451 e. The van der Waals surface area contributed by atoms with Crippen LogP contribution in [-0.4, -0.2) is 68.7 Å². The molecular weight excluding hydrogens is 445 g/mol. The lowest BCUT2D eigenvalue weighted by molar-refractivity contribution is -0.147. The standard InChI is InChI=1S/C19H23F3N8OS/c1-11-8-13-15(28-5-6-30-14(10-28)26-27-17(30)19(20,21)22)24-18(25-16(13)32-11)29-4-2-12(9-29)23-3-7-31/h8,12,23,31H,2-7,9-10H2,1H3. The van der Waals surface area contributed by atoms with Crippen LogP contribution in [0.25, 0.3) is 10.2 Å². The van der Waals surface area contributed by atoms with Crippen molar-refractivity contribution in [1.29, 1.82) is 0 Å². The minimum atomic E-state index is -4.52. The Balaban J connectivity index is 1.46. The summed E-state index contributed by atoms with van der Waals surface area (Å²) in [4.78, 5) is 15.7. The number of aryl methyl sites for hydroxylation is 1. The number of fused-ring (bicyclic) bond motifs is 2. The zero-order valence-electron chi connectivity index (χ0n) is 17.4. The van der Waals surface area contributed by atoms with Gasteiger partial charge in [0.05, 0.1) is 18.5 Å². The first-order valence-corrected chi connectivity index (χ1v) is 11.3. The normalized spacial score (nSPS) is 19.2. The number of hydrogen-bond acceptors (Lipinski definition) is 9. The molecule has 172 valence electrons. The topological polar surface area (TPSA) is 95.2 Å². The van der Waals surface area contributed by atoms with Gasteiger partial charge in [0, 0.05) is 43.6 Å². The summed E-state index contributed by atoms with van der Waals surface area (Å²) in [5.41, 5.74) is 0. The fourth-order valence-electron chi connectivity index (χ4n) is 4.32. The third-order valence-corrected chi connectivity index (χ3v) is 6.75. The highest BCUT2D eigenvalue weighted by Gasteiger charge is 2.40. The van der Waals surface area contributed by atoms with E-state index in [4.69, 9.17) is 15.1 Å². The van der Waals surface area contributed by atoms with Gasteiger partial charge in [-0.3, -0.25) is 0 Å². The average Bonchev–Trinajstić information content (AvgIpc) is 3.47. The fourth-order valence-corrected chi connectivity index (χ4v) is 5.19. The Labute approximate surface area is 185 Å². The molecule has 32 heavy (non-hydrogen) atoms. The highest BCUT2D eigenvalue weighted by atomic mass is 32.1. The number of aliphatic hydroxyl groups excluding tert-OH is 1. The maximum atomic E-state index is 13.2. The molecule has 5 rings (SSSR count). The van der Waals surface area contributed by atoms with E-state index in [1.54, 1.807) is 11.3 Å². The van der Waals surface area contributed by atoms with Gasteiger partial charge in [-0.1, -0.05) is 0 Å². The molecule has 0 radical (unpaired) electrons. The summed E-state index contributed by atoms with van der Waals surface area (Å²) in [7, 11) is 0. The number of nitrogens with zero attached hydrogens (tertiary/aromatic N) is 7. The van der Waals surface area contributed by atoms with Crippen molar-refractivity contribution >= 4 is 33.3 Å². The molecule has 0 aromatic carbocycles. The molecule has 0 bridgehead atoms. The van der Waals surface area contributed by atoms with Crippen LogP contribution >= 0.6 is 11.3 Å². The third-order valence-electron chi connectivity index (χ3n) is 5.81. The molecular formula is C19H23F3N8OS. The summed E-state index contributed by atoms with van der Waals surface area (Å²) in [5, 5.41) is 20.4. The SMILES string of the molecule is Cc1cc2c(N3CCn4c(nnc4C(F)(F)F)C3)nc(N3CCC(NCCO)C3)nc2s1. The number of aromatic nitrogens is 5. The van der Waals surface area contributed by atoms with Crippen LogP contribution in [0.4, 0.5) is 24.9 Å². The van der Waals surface area contributed by atoms with Crippen molar-refractivity contribution in [2.45, 2.75) is 38.7 Å². The lowest BCUT2D eigenvalue weighted by Crippen LogP contribution is -2.37. The maximum absolute atomic E-state index is 13.2. The molecule has 5 heterocycles. The highest BCUT2D eigenvalue weighted by Crippen LogP contribution is 2.35. The molecule has 0 aliphatic carbocycles. The van der Waals surface area contributed by atoms with Crippen LogP contribution in [-0.2, 0) is 19.3 Å². The minimum Gasteiger partial charge on any atom is -0.395 e. The Bertz CT molecular complexity index is 1130.